The third-order valence-corrected chi connectivity index (χ3v) is 3.35. The number of aromatic nitrogens is 3. The molecule has 2 aromatic rings. The molecular formula is C14H16N4O3. The highest BCUT2D eigenvalue weighted by Crippen LogP contribution is 2.21. The SMILES string of the molecule is COc1ncccc1C(=O)Nc1cnn([C@H]2CCOC2)c1. The number of hydrogen-bond donors (Lipinski definition) is 1. The molecule has 1 fully saturated rings. The molecule has 1 aliphatic rings. The number of ether oxygens (including phenoxy) is 2. The van der Waals surface area contributed by atoms with Crippen LogP contribution in [-0.4, -0.2) is 41.0 Å². The molecule has 0 unspecified atom stereocenters. The van der Waals surface area contributed by atoms with E-state index in [-0.39, 0.29) is 11.9 Å². The van der Waals surface area contributed by atoms with Crippen molar-refractivity contribution in [2.45, 2.75) is 12.5 Å². The van der Waals surface area contributed by atoms with Gasteiger partial charge in [-0.05, 0) is 18.6 Å². The highest BCUT2D eigenvalue weighted by molar-refractivity contribution is 6.05. The smallest absolute Gasteiger partial charge is 0.261 e. The molecule has 1 saturated heterocycles. The van der Waals surface area contributed by atoms with Gasteiger partial charge in [-0.25, -0.2) is 4.98 Å². The summed E-state index contributed by atoms with van der Waals surface area (Å²) < 4.78 is 12.2. The van der Waals surface area contributed by atoms with Crippen molar-refractivity contribution >= 4 is 11.6 Å². The van der Waals surface area contributed by atoms with Crippen molar-refractivity contribution in [1.29, 1.82) is 0 Å². The molecule has 110 valence electrons. The number of carbonyl (C=O) groups excluding carboxylic acids is 1. The molecule has 21 heavy (non-hydrogen) atoms. The quantitative estimate of drug-likeness (QED) is 0.922. The largest absolute Gasteiger partial charge is 0.480 e. The maximum absolute atomic E-state index is 12.2. The van der Waals surface area contributed by atoms with Gasteiger partial charge in [-0.3, -0.25) is 9.48 Å². The summed E-state index contributed by atoms with van der Waals surface area (Å²) in [4.78, 5) is 16.2. The van der Waals surface area contributed by atoms with Crippen molar-refractivity contribution in [3.63, 3.8) is 0 Å². The maximum atomic E-state index is 12.2. The van der Waals surface area contributed by atoms with Gasteiger partial charge in [0.1, 0.15) is 5.56 Å². The minimum absolute atomic E-state index is 0.239. The van der Waals surface area contributed by atoms with Gasteiger partial charge in [0.25, 0.3) is 5.91 Å². The summed E-state index contributed by atoms with van der Waals surface area (Å²) in [5, 5.41) is 7.06. The van der Waals surface area contributed by atoms with Crippen molar-refractivity contribution in [3.05, 3.63) is 36.3 Å². The van der Waals surface area contributed by atoms with Gasteiger partial charge in [-0.1, -0.05) is 0 Å². The molecule has 0 saturated carbocycles. The molecule has 0 aliphatic carbocycles. The van der Waals surface area contributed by atoms with Gasteiger partial charge < -0.3 is 14.8 Å². The lowest BCUT2D eigenvalue weighted by molar-refractivity contribution is 0.102. The van der Waals surface area contributed by atoms with Crippen LogP contribution in [0.25, 0.3) is 0 Å². The van der Waals surface area contributed by atoms with Gasteiger partial charge in [-0.15, -0.1) is 0 Å². The average molecular weight is 288 g/mol. The zero-order chi connectivity index (χ0) is 14.7. The van der Waals surface area contributed by atoms with Crippen LogP contribution in [-0.2, 0) is 4.74 Å². The minimum atomic E-state index is -0.276. The second-order valence-corrected chi connectivity index (χ2v) is 4.74. The Morgan fingerprint density at radius 1 is 1.57 bits per heavy atom. The highest BCUT2D eigenvalue weighted by Gasteiger charge is 2.19. The van der Waals surface area contributed by atoms with Crippen LogP contribution in [0.1, 0.15) is 22.8 Å². The normalized spacial score (nSPS) is 17.7. The molecule has 0 aromatic carbocycles. The molecule has 1 amide bonds. The summed E-state index contributed by atoms with van der Waals surface area (Å²) in [6.07, 6.45) is 5.94. The van der Waals surface area contributed by atoms with Gasteiger partial charge in [0.15, 0.2) is 0 Å². The van der Waals surface area contributed by atoms with Crippen molar-refractivity contribution in [1.82, 2.24) is 14.8 Å². The van der Waals surface area contributed by atoms with E-state index in [2.05, 4.69) is 15.4 Å². The number of amides is 1. The molecule has 3 rings (SSSR count). The number of nitrogens with one attached hydrogen (secondary N) is 1. The third-order valence-electron chi connectivity index (χ3n) is 3.35. The number of carbonyl (C=O) groups is 1. The molecule has 1 N–H and O–H groups in total. The molecule has 0 radical (unpaired) electrons. The summed E-state index contributed by atoms with van der Waals surface area (Å²) in [6.45, 7) is 1.41. The van der Waals surface area contributed by atoms with Crippen LogP contribution >= 0.6 is 0 Å². The first kappa shape index (κ1) is 13.6. The molecule has 0 spiro atoms. The fourth-order valence-electron chi connectivity index (χ4n) is 2.26. The van der Waals surface area contributed by atoms with E-state index < -0.39 is 0 Å². The second kappa shape index (κ2) is 5.92. The zero-order valence-electron chi connectivity index (χ0n) is 11.7. The van der Waals surface area contributed by atoms with Crippen LogP contribution in [0.4, 0.5) is 5.69 Å². The van der Waals surface area contributed by atoms with E-state index in [4.69, 9.17) is 9.47 Å². The van der Waals surface area contributed by atoms with Crippen molar-refractivity contribution in [2.24, 2.45) is 0 Å². The topological polar surface area (TPSA) is 78.3 Å². The fourth-order valence-corrected chi connectivity index (χ4v) is 2.26. The monoisotopic (exact) mass is 288 g/mol. The predicted octanol–water partition coefficient (Wildman–Crippen LogP) is 1.50. The summed E-state index contributed by atoms with van der Waals surface area (Å²) in [7, 11) is 1.48. The van der Waals surface area contributed by atoms with Gasteiger partial charge in [-0.2, -0.15) is 5.10 Å². The van der Waals surface area contributed by atoms with Gasteiger partial charge in [0, 0.05) is 19.0 Å². The Kier molecular flexibility index (Phi) is 3.83. The first-order chi connectivity index (χ1) is 10.3. The van der Waals surface area contributed by atoms with E-state index in [0.29, 0.717) is 23.7 Å². The van der Waals surface area contributed by atoms with E-state index in [9.17, 15) is 4.79 Å². The van der Waals surface area contributed by atoms with Crippen molar-refractivity contribution < 1.29 is 14.3 Å². The summed E-state index contributed by atoms with van der Waals surface area (Å²) in [5.41, 5.74) is 1.02. The molecule has 7 heteroatoms. The Hall–Kier alpha value is -2.41. The summed E-state index contributed by atoms with van der Waals surface area (Å²) in [6, 6.07) is 3.59. The van der Waals surface area contributed by atoms with E-state index >= 15 is 0 Å². The number of rotatable bonds is 4. The summed E-state index contributed by atoms with van der Waals surface area (Å²) >= 11 is 0. The zero-order valence-corrected chi connectivity index (χ0v) is 11.7. The standard InChI is InChI=1S/C14H16N4O3/c1-20-14-12(3-2-5-15-14)13(19)17-10-7-16-18(8-10)11-4-6-21-9-11/h2-3,5,7-8,11H,4,6,9H2,1H3,(H,17,19)/t11-/m0/s1. The predicted molar refractivity (Wildman–Crippen MR) is 75.4 cm³/mol. The Morgan fingerprint density at radius 2 is 2.48 bits per heavy atom. The van der Waals surface area contributed by atoms with Crippen LogP contribution in [0, 0.1) is 0 Å². The van der Waals surface area contributed by atoms with Crippen molar-refractivity contribution in [3.8, 4) is 5.88 Å². The fraction of sp³-hybridized carbons (Fsp3) is 0.357. The van der Waals surface area contributed by atoms with Gasteiger partial charge in [0.05, 0.1) is 31.6 Å². The lowest BCUT2D eigenvalue weighted by Gasteiger charge is -2.08. The number of hydrogen-bond acceptors (Lipinski definition) is 5. The molecule has 0 bridgehead atoms. The Morgan fingerprint density at radius 3 is 3.24 bits per heavy atom. The van der Waals surface area contributed by atoms with E-state index in [0.717, 1.165) is 13.0 Å². The van der Waals surface area contributed by atoms with E-state index in [1.807, 2.05) is 4.68 Å². The minimum Gasteiger partial charge on any atom is -0.480 e. The van der Waals surface area contributed by atoms with Crippen LogP contribution in [0.2, 0.25) is 0 Å². The van der Waals surface area contributed by atoms with E-state index in [1.54, 1.807) is 30.7 Å². The first-order valence-corrected chi connectivity index (χ1v) is 6.70. The molecular weight excluding hydrogens is 272 g/mol. The number of pyridine rings is 1. The van der Waals surface area contributed by atoms with Crippen LogP contribution in [0.5, 0.6) is 5.88 Å². The van der Waals surface area contributed by atoms with E-state index in [1.165, 1.54) is 7.11 Å². The molecule has 1 atom stereocenters. The second-order valence-electron chi connectivity index (χ2n) is 4.74. The lowest BCUT2D eigenvalue weighted by Crippen LogP contribution is -2.13. The van der Waals surface area contributed by atoms with Crippen LogP contribution in [0.3, 0.4) is 0 Å². The maximum Gasteiger partial charge on any atom is 0.261 e. The number of anilines is 1. The lowest BCUT2D eigenvalue weighted by atomic mass is 10.2. The third kappa shape index (κ3) is 2.87. The van der Waals surface area contributed by atoms with Crippen LogP contribution in [0.15, 0.2) is 30.7 Å². The number of nitrogens with zero attached hydrogens (tertiary/aromatic N) is 3. The Balaban J connectivity index is 1.72. The highest BCUT2D eigenvalue weighted by atomic mass is 16.5. The molecule has 2 aromatic heterocycles. The molecule has 3 heterocycles. The van der Waals surface area contributed by atoms with Gasteiger partial charge in [0.2, 0.25) is 5.88 Å². The average Bonchev–Trinajstić information content (AvgIpc) is 3.17. The van der Waals surface area contributed by atoms with Crippen molar-refractivity contribution in [2.75, 3.05) is 25.6 Å². The summed E-state index contributed by atoms with van der Waals surface area (Å²) in [5.74, 6) is 0.0220. The van der Waals surface area contributed by atoms with Crippen LogP contribution < -0.4 is 10.1 Å². The molecule has 1 aliphatic heterocycles. The van der Waals surface area contributed by atoms with Gasteiger partial charge >= 0.3 is 0 Å². The Labute approximate surface area is 121 Å². The molecule has 7 nitrogen and oxygen atoms in total. The first-order valence-electron chi connectivity index (χ1n) is 6.70. The number of methoxy groups -OCH3 is 1. The Bertz CT molecular complexity index is 635.